The number of carbonyl (C=O) groups excluding carboxylic acids is 2. The van der Waals surface area contributed by atoms with Gasteiger partial charge in [-0.3, -0.25) is 9.59 Å². The Kier molecular flexibility index (Phi) is 7.60. The first-order valence-corrected chi connectivity index (χ1v) is 9.53. The third-order valence-electron chi connectivity index (χ3n) is 4.47. The summed E-state index contributed by atoms with van der Waals surface area (Å²) in [6, 6.07) is 13.4. The van der Waals surface area contributed by atoms with E-state index < -0.39 is 0 Å². The number of phenols is 1. The van der Waals surface area contributed by atoms with Gasteiger partial charge in [0.15, 0.2) is 5.78 Å². The van der Waals surface area contributed by atoms with Gasteiger partial charge in [0, 0.05) is 23.1 Å². The number of Topliss-reactive ketones (excluding diaryl/α,β-unsaturated/α-hetero) is 1. The quantitative estimate of drug-likeness (QED) is 0.728. The molecule has 0 atom stereocenters. The molecule has 2 N–H and O–H groups in total. The summed E-state index contributed by atoms with van der Waals surface area (Å²) in [5, 5.41) is 20.5. The third kappa shape index (κ3) is 5.83. The average Bonchev–Trinajstić information content (AvgIpc) is 2.64. The zero-order chi connectivity index (χ0) is 20.7. The van der Waals surface area contributed by atoms with Crippen LogP contribution in [0, 0.1) is 17.2 Å². The van der Waals surface area contributed by atoms with Gasteiger partial charge in [0.05, 0.1) is 10.6 Å². The fraction of sp³-hybridized carbons (Fsp3) is 0.318. The number of amides is 1. The fourth-order valence-electron chi connectivity index (χ4n) is 2.54. The Morgan fingerprint density at radius 2 is 1.75 bits per heavy atom. The molecule has 0 radical (unpaired) electrons. The number of rotatable bonds is 4. The molecule has 1 fully saturated rings. The fourth-order valence-corrected chi connectivity index (χ4v) is 2.75. The van der Waals surface area contributed by atoms with Crippen molar-refractivity contribution in [1.82, 2.24) is 5.32 Å². The smallest absolute Gasteiger partial charge is 0.251 e. The van der Waals surface area contributed by atoms with E-state index in [0.29, 0.717) is 22.7 Å². The van der Waals surface area contributed by atoms with Crippen LogP contribution < -0.4 is 5.32 Å². The van der Waals surface area contributed by atoms with Crippen LogP contribution in [0.25, 0.3) is 0 Å². The van der Waals surface area contributed by atoms with Gasteiger partial charge >= 0.3 is 0 Å². The normalized spacial score (nSPS) is 13.0. The Morgan fingerprint density at radius 1 is 1.14 bits per heavy atom. The molecule has 0 aliphatic heterocycles. The lowest BCUT2D eigenvalue weighted by molar-refractivity contribution is 0.0912. The molecular formula is C22H23ClN2O3. The number of aromatic hydroxyl groups is 1. The molecule has 1 aliphatic rings. The van der Waals surface area contributed by atoms with Crippen molar-refractivity contribution < 1.29 is 14.7 Å². The molecule has 0 saturated heterocycles. The van der Waals surface area contributed by atoms with E-state index >= 15 is 0 Å². The van der Waals surface area contributed by atoms with Gasteiger partial charge in [-0.25, -0.2) is 0 Å². The number of phenolic OH excluding ortho intramolecular Hbond substituents is 1. The molecule has 0 aromatic heterocycles. The van der Waals surface area contributed by atoms with E-state index in [-0.39, 0.29) is 28.4 Å². The summed E-state index contributed by atoms with van der Waals surface area (Å²) in [5.41, 5.74) is 1.67. The molecule has 0 heterocycles. The summed E-state index contributed by atoms with van der Waals surface area (Å²) in [7, 11) is 0. The molecule has 1 saturated carbocycles. The van der Waals surface area contributed by atoms with Crippen LogP contribution in [0.3, 0.4) is 0 Å². The highest BCUT2D eigenvalue weighted by atomic mass is 35.5. The van der Waals surface area contributed by atoms with Crippen LogP contribution >= 0.6 is 11.6 Å². The Balaban J connectivity index is 0.000000237. The minimum Gasteiger partial charge on any atom is -0.508 e. The summed E-state index contributed by atoms with van der Waals surface area (Å²) >= 11 is 5.55. The lowest BCUT2D eigenvalue weighted by atomic mass is 9.93. The Bertz CT molecular complexity index is 882. The van der Waals surface area contributed by atoms with Crippen molar-refractivity contribution in [3.63, 3.8) is 0 Å². The molecule has 0 spiro atoms. The Morgan fingerprint density at radius 3 is 2.21 bits per heavy atom. The molecule has 1 amide bonds. The maximum atomic E-state index is 11.9. The van der Waals surface area contributed by atoms with E-state index in [9.17, 15) is 9.59 Å². The van der Waals surface area contributed by atoms with Gasteiger partial charge in [-0.1, -0.05) is 37.6 Å². The van der Waals surface area contributed by atoms with Crippen molar-refractivity contribution >= 4 is 23.3 Å². The first kappa shape index (κ1) is 21.5. The maximum Gasteiger partial charge on any atom is 0.251 e. The molecular weight excluding hydrogens is 376 g/mol. The van der Waals surface area contributed by atoms with Gasteiger partial charge in [-0.05, 0) is 49.6 Å². The monoisotopic (exact) mass is 398 g/mol. The topological polar surface area (TPSA) is 90.2 Å². The van der Waals surface area contributed by atoms with Crippen molar-refractivity contribution in [1.29, 1.82) is 5.26 Å². The van der Waals surface area contributed by atoms with Crippen LogP contribution in [0.15, 0.2) is 42.5 Å². The van der Waals surface area contributed by atoms with Gasteiger partial charge in [-0.15, -0.1) is 0 Å². The summed E-state index contributed by atoms with van der Waals surface area (Å²) in [6.45, 7) is 3.75. The standard InChI is InChI=1S/C15H19NO2.C7H4ClNO/c1-10(2)14(17)11-6-8-12(9-7-11)15(18)16-13-4-3-5-13;8-7-3-6(10)2-1-5(7)4-9/h6-10,13H,3-5H2,1-2H3,(H,16,18);1-3,10H. The first-order valence-electron chi connectivity index (χ1n) is 9.15. The summed E-state index contributed by atoms with van der Waals surface area (Å²) in [4.78, 5) is 23.6. The number of halogens is 1. The number of hydrogen-bond donors (Lipinski definition) is 2. The molecule has 3 rings (SSSR count). The van der Waals surface area contributed by atoms with Crippen LogP contribution in [-0.4, -0.2) is 22.8 Å². The molecule has 28 heavy (non-hydrogen) atoms. The van der Waals surface area contributed by atoms with E-state index in [0.717, 1.165) is 12.8 Å². The van der Waals surface area contributed by atoms with Gasteiger partial charge in [0.1, 0.15) is 11.8 Å². The van der Waals surface area contributed by atoms with E-state index in [4.69, 9.17) is 22.0 Å². The predicted octanol–water partition coefficient (Wildman–Crippen LogP) is 4.72. The minimum absolute atomic E-state index is 0.0142. The molecule has 6 heteroatoms. The molecule has 2 aromatic rings. The van der Waals surface area contributed by atoms with Gasteiger partial charge in [0.25, 0.3) is 5.91 Å². The van der Waals surface area contributed by atoms with Crippen LogP contribution in [0.4, 0.5) is 0 Å². The average molecular weight is 399 g/mol. The number of nitrogens with one attached hydrogen (secondary N) is 1. The van der Waals surface area contributed by atoms with Crippen molar-refractivity contribution in [2.75, 3.05) is 0 Å². The number of ketones is 1. The van der Waals surface area contributed by atoms with E-state index in [1.165, 1.54) is 24.6 Å². The zero-order valence-corrected chi connectivity index (χ0v) is 16.7. The number of carbonyl (C=O) groups is 2. The van der Waals surface area contributed by atoms with Crippen molar-refractivity contribution in [3.8, 4) is 11.8 Å². The number of nitriles is 1. The first-order chi connectivity index (χ1) is 13.3. The molecule has 5 nitrogen and oxygen atoms in total. The highest BCUT2D eigenvalue weighted by Gasteiger charge is 2.20. The maximum absolute atomic E-state index is 11.9. The minimum atomic E-state index is -0.0387. The van der Waals surface area contributed by atoms with Crippen molar-refractivity contribution in [3.05, 3.63) is 64.2 Å². The lowest BCUT2D eigenvalue weighted by Crippen LogP contribution is -2.39. The Hall–Kier alpha value is -2.84. The lowest BCUT2D eigenvalue weighted by Gasteiger charge is -2.26. The van der Waals surface area contributed by atoms with Crippen LogP contribution in [0.2, 0.25) is 5.02 Å². The van der Waals surface area contributed by atoms with Crippen molar-refractivity contribution in [2.24, 2.45) is 5.92 Å². The van der Waals surface area contributed by atoms with E-state index in [1.54, 1.807) is 24.3 Å². The van der Waals surface area contributed by atoms with E-state index in [2.05, 4.69) is 5.32 Å². The second-order valence-electron chi connectivity index (χ2n) is 6.97. The summed E-state index contributed by atoms with van der Waals surface area (Å²) in [6.07, 6.45) is 3.36. The highest BCUT2D eigenvalue weighted by molar-refractivity contribution is 6.31. The second-order valence-corrected chi connectivity index (χ2v) is 7.38. The van der Waals surface area contributed by atoms with E-state index in [1.807, 2.05) is 19.9 Å². The summed E-state index contributed by atoms with van der Waals surface area (Å²) < 4.78 is 0. The molecule has 2 aromatic carbocycles. The number of hydrogen-bond acceptors (Lipinski definition) is 4. The van der Waals surface area contributed by atoms with Gasteiger partial charge in [0.2, 0.25) is 0 Å². The SMILES string of the molecule is CC(C)C(=O)c1ccc(C(=O)NC2CCC2)cc1.N#Cc1ccc(O)cc1Cl. The van der Waals surface area contributed by atoms with Crippen LogP contribution in [-0.2, 0) is 0 Å². The summed E-state index contributed by atoms with van der Waals surface area (Å²) in [5.74, 6) is 0.132. The zero-order valence-electron chi connectivity index (χ0n) is 15.9. The molecule has 1 aliphatic carbocycles. The highest BCUT2D eigenvalue weighted by Crippen LogP contribution is 2.20. The molecule has 0 bridgehead atoms. The van der Waals surface area contributed by atoms with Crippen LogP contribution in [0.5, 0.6) is 5.75 Å². The third-order valence-corrected chi connectivity index (χ3v) is 4.78. The largest absolute Gasteiger partial charge is 0.508 e. The van der Waals surface area contributed by atoms with Gasteiger partial charge in [-0.2, -0.15) is 5.26 Å². The predicted molar refractivity (Wildman–Crippen MR) is 109 cm³/mol. The molecule has 146 valence electrons. The number of benzene rings is 2. The number of nitrogens with zero attached hydrogens (tertiary/aromatic N) is 1. The second kappa shape index (κ2) is 9.91. The van der Waals surface area contributed by atoms with Gasteiger partial charge < -0.3 is 10.4 Å². The van der Waals surface area contributed by atoms with Crippen molar-refractivity contribution in [2.45, 2.75) is 39.2 Å². The Labute approximate surface area is 170 Å². The van der Waals surface area contributed by atoms with Crippen LogP contribution in [0.1, 0.15) is 59.4 Å². The molecule has 0 unspecified atom stereocenters.